The Morgan fingerprint density at radius 2 is 1.70 bits per heavy atom. The molecule has 0 aliphatic carbocycles. The van der Waals surface area contributed by atoms with Gasteiger partial charge in [-0.25, -0.2) is 0 Å². The van der Waals surface area contributed by atoms with E-state index in [1.54, 1.807) is 36.4 Å². The lowest BCUT2D eigenvalue weighted by Gasteiger charge is -2.13. The van der Waals surface area contributed by atoms with Crippen LogP contribution in [0.1, 0.15) is 22.8 Å². The molecule has 0 spiro atoms. The summed E-state index contributed by atoms with van der Waals surface area (Å²) in [7, 11) is 0. The summed E-state index contributed by atoms with van der Waals surface area (Å²) in [6.07, 6.45) is 0. The highest BCUT2D eigenvalue weighted by atomic mass is 16.7. The molecule has 0 unspecified atom stereocenters. The van der Waals surface area contributed by atoms with Crippen molar-refractivity contribution < 1.29 is 19.1 Å². The van der Waals surface area contributed by atoms with Crippen molar-refractivity contribution in [2.75, 3.05) is 17.4 Å². The lowest BCUT2D eigenvalue weighted by atomic mass is 10.1. The van der Waals surface area contributed by atoms with Crippen molar-refractivity contribution in [3.05, 3.63) is 47.5 Å². The molecule has 0 bridgehead atoms. The molecule has 0 saturated heterocycles. The lowest BCUT2D eigenvalue weighted by Crippen LogP contribution is -2.14. The topological polar surface area (TPSA) is 76.7 Å². The van der Waals surface area contributed by atoms with Crippen LogP contribution < -0.4 is 20.1 Å². The van der Waals surface area contributed by atoms with Crippen molar-refractivity contribution in [3.63, 3.8) is 0 Å². The molecule has 118 valence electrons. The Bertz CT molecular complexity index is 786. The zero-order chi connectivity index (χ0) is 16.4. The molecule has 0 atom stereocenters. The highest BCUT2D eigenvalue weighted by Gasteiger charge is 2.17. The molecule has 2 aromatic carbocycles. The van der Waals surface area contributed by atoms with E-state index in [0.29, 0.717) is 28.4 Å². The van der Waals surface area contributed by atoms with E-state index in [2.05, 4.69) is 10.6 Å². The molecule has 1 heterocycles. The first-order chi connectivity index (χ1) is 11.0. The number of ether oxygens (including phenoxy) is 2. The van der Waals surface area contributed by atoms with E-state index >= 15 is 0 Å². The molecule has 0 aromatic heterocycles. The van der Waals surface area contributed by atoms with E-state index < -0.39 is 0 Å². The van der Waals surface area contributed by atoms with Crippen LogP contribution in [0.2, 0.25) is 0 Å². The molecule has 3 rings (SSSR count). The molecular formula is C17H16N2O4. The van der Waals surface area contributed by atoms with Crippen LogP contribution in [-0.4, -0.2) is 18.6 Å². The summed E-state index contributed by atoms with van der Waals surface area (Å²) in [5, 5.41) is 5.58. The van der Waals surface area contributed by atoms with Gasteiger partial charge in [-0.1, -0.05) is 6.07 Å². The molecule has 2 N–H and O–H groups in total. The van der Waals surface area contributed by atoms with Crippen LogP contribution in [0.4, 0.5) is 11.4 Å². The van der Waals surface area contributed by atoms with E-state index in [4.69, 9.17) is 9.47 Å². The molecule has 0 saturated carbocycles. The minimum absolute atomic E-state index is 0.160. The summed E-state index contributed by atoms with van der Waals surface area (Å²) in [6.45, 7) is 3.44. The van der Waals surface area contributed by atoms with Crippen LogP contribution in [0.5, 0.6) is 11.5 Å². The van der Waals surface area contributed by atoms with Gasteiger partial charge in [0.2, 0.25) is 12.7 Å². The largest absolute Gasteiger partial charge is 0.454 e. The molecule has 6 nitrogen and oxygen atoms in total. The van der Waals surface area contributed by atoms with Crippen molar-refractivity contribution in [2.24, 2.45) is 0 Å². The average molecular weight is 312 g/mol. The summed E-state index contributed by atoms with van der Waals surface area (Å²) >= 11 is 0. The van der Waals surface area contributed by atoms with Gasteiger partial charge in [0.15, 0.2) is 11.5 Å². The number of hydrogen-bond donors (Lipinski definition) is 2. The molecule has 1 aliphatic rings. The van der Waals surface area contributed by atoms with Gasteiger partial charge in [0.05, 0.1) is 0 Å². The highest BCUT2D eigenvalue weighted by molar-refractivity contribution is 6.05. The van der Waals surface area contributed by atoms with E-state index in [1.165, 1.54) is 6.92 Å². The second kappa shape index (κ2) is 6.00. The fourth-order valence-corrected chi connectivity index (χ4v) is 2.33. The summed E-state index contributed by atoms with van der Waals surface area (Å²) in [6, 6.07) is 10.4. The van der Waals surface area contributed by atoms with E-state index in [1.807, 2.05) is 6.92 Å². The molecule has 2 aromatic rings. The monoisotopic (exact) mass is 312 g/mol. The second-order valence-corrected chi connectivity index (χ2v) is 5.18. The summed E-state index contributed by atoms with van der Waals surface area (Å²) in [5.74, 6) is 0.769. The van der Waals surface area contributed by atoms with E-state index in [9.17, 15) is 9.59 Å². The third kappa shape index (κ3) is 3.11. The summed E-state index contributed by atoms with van der Waals surface area (Å²) in [5.41, 5.74) is 2.57. The predicted molar refractivity (Wildman–Crippen MR) is 86.0 cm³/mol. The van der Waals surface area contributed by atoms with Crippen molar-refractivity contribution in [1.29, 1.82) is 0 Å². The zero-order valence-corrected chi connectivity index (χ0v) is 12.8. The molecule has 6 heteroatoms. The first-order valence-corrected chi connectivity index (χ1v) is 7.13. The average Bonchev–Trinajstić information content (AvgIpc) is 2.98. The van der Waals surface area contributed by atoms with Crippen molar-refractivity contribution in [2.45, 2.75) is 13.8 Å². The van der Waals surface area contributed by atoms with Gasteiger partial charge < -0.3 is 20.1 Å². The number of hydrogen-bond acceptors (Lipinski definition) is 4. The van der Waals surface area contributed by atoms with Crippen LogP contribution in [0.3, 0.4) is 0 Å². The van der Waals surface area contributed by atoms with Crippen LogP contribution in [0.25, 0.3) is 0 Å². The minimum Gasteiger partial charge on any atom is -0.454 e. The molecule has 0 radical (unpaired) electrons. The number of amides is 2. The Kier molecular flexibility index (Phi) is 3.89. The third-order valence-corrected chi connectivity index (χ3v) is 3.53. The van der Waals surface area contributed by atoms with Crippen molar-refractivity contribution in [1.82, 2.24) is 0 Å². The Labute approximate surface area is 133 Å². The maximum atomic E-state index is 12.4. The second-order valence-electron chi connectivity index (χ2n) is 5.18. The Balaban J connectivity index is 1.81. The van der Waals surface area contributed by atoms with Crippen LogP contribution >= 0.6 is 0 Å². The van der Waals surface area contributed by atoms with Gasteiger partial charge in [-0.3, -0.25) is 9.59 Å². The SMILES string of the molecule is CC(=O)Nc1cccc(NC(=O)c2ccc3c(c2)OCO3)c1C. The van der Waals surface area contributed by atoms with Gasteiger partial charge in [0, 0.05) is 23.9 Å². The minimum atomic E-state index is -0.258. The van der Waals surface area contributed by atoms with Gasteiger partial charge in [-0.05, 0) is 42.8 Å². The van der Waals surface area contributed by atoms with Crippen LogP contribution in [0, 0.1) is 6.92 Å². The maximum absolute atomic E-state index is 12.4. The van der Waals surface area contributed by atoms with Gasteiger partial charge in [0.25, 0.3) is 5.91 Å². The Morgan fingerprint density at radius 3 is 2.43 bits per heavy atom. The standard InChI is InChI=1S/C17H16N2O4/c1-10-13(18-11(2)20)4-3-5-14(10)19-17(21)12-6-7-15-16(8-12)23-9-22-15/h3-8H,9H2,1-2H3,(H,18,20)(H,19,21). The number of nitrogens with one attached hydrogen (secondary N) is 2. The molecule has 2 amide bonds. The summed E-state index contributed by atoms with van der Waals surface area (Å²) < 4.78 is 10.5. The fourth-order valence-electron chi connectivity index (χ4n) is 2.33. The van der Waals surface area contributed by atoms with E-state index in [0.717, 1.165) is 5.56 Å². The number of rotatable bonds is 3. The highest BCUT2D eigenvalue weighted by Crippen LogP contribution is 2.33. The number of anilines is 2. The number of benzene rings is 2. The number of carbonyl (C=O) groups is 2. The van der Waals surface area contributed by atoms with Crippen LogP contribution in [0.15, 0.2) is 36.4 Å². The zero-order valence-electron chi connectivity index (χ0n) is 12.8. The first kappa shape index (κ1) is 14.9. The third-order valence-electron chi connectivity index (χ3n) is 3.53. The lowest BCUT2D eigenvalue weighted by molar-refractivity contribution is -0.114. The Hall–Kier alpha value is -3.02. The Morgan fingerprint density at radius 1 is 1.00 bits per heavy atom. The number of fused-ring (bicyclic) bond motifs is 1. The summed E-state index contributed by atoms with van der Waals surface area (Å²) in [4.78, 5) is 23.6. The fraction of sp³-hybridized carbons (Fsp3) is 0.176. The van der Waals surface area contributed by atoms with Gasteiger partial charge >= 0.3 is 0 Å². The molecular weight excluding hydrogens is 296 g/mol. The van der Waals surface area contributed by atoms with Crippen molar-refractivity contribution in [3.8, 4) is 11.5 Å². The van der Waals surface area contributed by atoms with Gasteiger partial charge in [0.1, 0.15) is 0 Å². The maximum Gasteiger partial charge on any atom is 0.255 e. The number of carbonyl (C=O) groups excluding carboxylic acids is 2. The van der Waals surface area contributed by atoms with Crippen molar-refractivity contribution >= 4 is 23.2 Å². The van der Waals surface area contributed by atoms with Crippen LogP contribution in [-0.2, 0) is 4.79 Å². The first-order valence-electron chi connectivity index (χ1n) is 7.13. The van der Waals surface area contributed by atoms with E-state index in [-0.39, 0.29) is 18.6 Å². The molecule has 1 aliphatic heterocycles. The smallest absolute Gasteiger partial charge is 0.255 e. The predicted octanol–water partition coefficient (Wildman–Crippen LogP) is 2.93. The molecule has 0 fully saturated rings. The van der Waals surface area contributed by atoms with Gasteiger partial charge in [-0.2, -0.15) is 0 Å². The quantitative estimate of drug-likeness (QED) is 0.913. The van der Waals surface area contributed by atoms with Gasteiger partial charge in [-0.15, -0.1) is 0 Å². The normalized spacial score (nSPS) is 11.9. The molecule has 23 heavy (non-hydrogen) atoms.